The molecule has 1 heterocycles. The van der Waals surface area contributed by atoms with Crippen molar-refractivity contribution in [1.82, 2.24) is 5.32 Å². The topological polar surface area (TPSA) is 66.4 Å². The number of hydrogen-bond donors (Lipinski definition) is 2. The largest absolute Gasteiger partial charge is 0.387 e. The molecule has 4 nitrogen and oxygen atoms in total. The van der Waals surface area contributed by atoms with E-state index in [1.54, 1.807) is 0 Å². The molecule has 2 rings (SSSR count). The maximum absolute atomic E-state index is 11.6. The van der Waals surface area contributed by atoms with Crippen molar-refractivity contribution in [2.24, 2.45) is 0 Å². The lowest BCUT2D eigenvalue weighted by atomic mass is 9.91. The zero-order valence-electron chi connectivity index (χ0n) is 9.07. The Hall–Kier alpha value is -0.130. The Kier molecular flexibility index (Phi) is 2.81. The van der Waals surface area contributed by atoms with E-state index in [0.717, 1.165) is 25.8 Å². The number of sulfone groups is 1. The van der Waals surface area contributed by atoms with Gasteiger partial charge in [-0.05, 0) is 38.6 Å². The van der Waals surface area contributed by atoms with E-state index in [9.17, 15) is 13.5 Å². The van der Waals surface area contributed by atoms with Crippen molar-refractivity contribution >= 4 is 9.84 Å². The summed E-state index contributed by atoms with van der Waals surface area (Å²) in [4.78, 5) is 0. The molecular weight excluding hydrogens is 214 g/mol. The van der Waals surface area contributed by atoms with Gasteiger partial charge in [0, 0.05) is 12.3 Å². The van der Waals surface area contributed by atoms with E-state index in [-0.39, 0.29) is 6.04 Å². The number of nitrogens with one attached hydrogen (secondary N) is 1. The summed E-state index contributed by atoms with van der Waals surface area (Å²) in [7, 11) is -3.14. The zero-order chi connectivity index (χ0) is 11.1. The summed E-state index contributed by atoms with van der Waals surface area (Å²) >= 11 is 0. The average Bonchev–Trinajstić information content (AvgIpc) is 2.69. The van der Waals surface area contributed by atoms with Gasteiger partial charge in [-0.25, -0.2) is 8.42 Å². The number of rotatable bonds is 2. The molecule has 0 aromatic heterocycles. The minimum Gasteiger partial charge on any atom is -0.387 e. The second kappa shape index (κ2) is 3.71. The Morgan fingerprint density at radius 1 is 1.33 bits per heavy atom. The molecule has 15 heavy (non-hydrogen) atoms. The molecule has 0 bridgehead atoms. The smallest absolute Gasteiger partial charge is 0.153 e. The highest BCUT2D eigenvalue weighted by Gasteiger charge is 2.52. The van der Waals surface area contributed by atoms with Crippen LogP contribution >= 0.6 is 0 Å². The van der Waals surface area contributed by atoms with Crippen LogP contribution < -0.4 is 5.32 Å². The van der Waals surface area contributed by atoms with Gasteiger partial charge in [0.05, 0.1) is 10.9 Å². The lowest BCUT2D eigenvalue weighted by Gasteiger charge is -2.34. The van der Waals surface area contributed by atoms with E-state index in [4.69, 9.17) is 0 Å². The minimum atomic E-state index is -3.14. The molecule has 0 aromatic carbocycles. The Labute approximate surface area is 91.0 Å². The highest BCUT2D eigenvalue weighted by molar-refractivity contribution is 7.91. The van der Waals surface area contributed by atoms with Gasteiger partial charge in [0.15, 0.2) is 9.84 Å². The van der Waals surface area contributed by atoms with Crippen molar-refractivity contribution in [1.29, 1.82) is 0 Å². The van der Waals surface area contributed by atoms with Crippen LogP contribution in [0.3, 0.4) is 0 Å². The van der Waals surface area contributed by atoms with Gasteiger partial charge in [-0.15, -0.1) is 0 Å². The summed E-state index contributed by atoms with van der Waals surface area (Å²) in [5.41, 5.74) is -1.02. The van der Waals surface area contributed by atoms with Gasteiger partial charge in [-0.2, -0.15) is 0 Å². The molecule has 1 aliphatic carbocycles. The quantitative estimate of drug-likeness (QED) is 0.708. The predicted octanol–water partition coefficient (Wildman–Crippen LogP) is 0.0666. The SMILES string of the molecule is CS(=O)(=O)C1CCCC1(O)C1CCCN1. The van der Waals surface area contributed by atoms with Crippen molar-refractivity contribution < 1.29 is 13.5 Å². The first-order valence-corrected chi connectivity index (χ1v) is 7.55. The average molecular weight is 233 g/mol. The molecule has 3 atom stereocenters. The molecule has 1 saturated heterocycles. The first-order chi connectivity index (χ1) is 6.94. The van der Waals surface area contributed by atoms with Gasteiger partial charge in [-0.3, -0.25) is 0 Å². The maximum Gasteiger partial charge on any atom is 0.153 e. The van der Waals surface area contributed by atoms with E-state index in [1.165, 1.54) is 6.26 Å². The maximum atomic E-state index is 11.6. The van der Waals surface area contributed by atoms with Crippen LogP contribution in [-0.2, 0) is 9.84 Å². The lowest BCUT2D eigenvalue weighted by Crippen LogP contribution is -2.55. The molecule has 0 radical (unpaired) electrons. The molecule has 3 unspecified atom stereocenters. The van der Waals surface area contributed by atoms with Crippen molar-refractivity contribution in [3.63, 3.8) is 0 Å². The molecule has 0 spiro atoms. The fraction of sp³-hybridized carbons (Fsp3) is 1.00. The fourth-order valence-corrected chi connectivity index (χ4v) is 4.69. The van der Waals surface area contributed by atoms with Crippen LogP contribution in [-0.4, -0.2) is 43.2 Å². The highest BCUT2D eigenvalue weighted by atomic mass is 32.2. The van der Waals surface area contributed by atoms with E-state index in [2.05, 4.69) is 5.32 Å². The molecule has 5 heteroatoms. The third kappa shape index (κ3) is 1.92. The van der Waals surface area contributed by atoms with Crippen molar-refractivity contribution in [3.8, 4) is 0 Å². The van der Waals surface area contributed by atoms with Gasteiger partial charge >= 0.3 is 0 Å². The zero-order valence-corrected chi connectivity index (χ0v) is 9.89. The fourth-order valence-electron chi connectivity index (χ4n) is 3.08. The second-order valence-electron chi connectivity index (χ2n) is 4.85. The summed E-state index contributed by atoms with van der Waals surface area (Å²) in [6.07, 6.45) is 5.19. The van der Waals surface area contributed by atoms with Crippen LogP contribution in [0.1, 0.15) is 32.1 Å². The van der Waals surface area contributed by atoms with Crippen LogP contribution in [0.4, 0.5) is 0 Å². The monoisotopic (exact) mass is 233 g/mol. The van der Waals surface area contributed by atoms with Crippen LogP contribution in [0, 0.1) is 0 Å². The molecule has 2 aliphatic rings. The molecule has 1 aliphatic heterocycles. The molecule has 1 saturated carbocycles. The van der Waals surface area contributed by atoms with Crippen molar-refractivity contribution in [2.75, 3.05) is 12.8 Å². The van der Waals surface area contributed by atoms with E-state index in [0.29, 0.717) is 12.8 Å². The van der Waals surface area contributed by atoms with Gasteiger partial charge in [-0.1, -0.05) is 0 Å². The van der Waals surface area contributed by atoms with Crippen LogP contribution in [0.25, 0.3) is 0 Å². The Morgan fingerprint density at radius 3 is 2.60 bits per heavy atom. The highest BCUT2D eigenvalue weighted by Crippen LogP contribution is 2.39. The minimum absolute atomic E-state index is 0.0280. The Bertz CT molecular complexity index is 335. The number of aliphatic hydroxyl groups is 1. The normalized spacial score (nSPS) is 42.3. The third-order valence-electron chi connectivity index (χ3n) is 3.78. The lowest BCUT2D eigenvalue weighted by molar-refractivity contribution is 0.0174. The Morgan fingerprint density at radius 2 is 2.07 bits per heavy atom. The van der Waals surface area contributed by atoms with Crippen molar-refractivity contribution in [3.05, 3.63) is 0 Å². The van der Waals surface area contributed by atoms with E-state index >= 15 is 0 Å². The first-order valence-electron chi connectivity index (χ1n) is 5.59. The first kappa shape index (κ1) is 11.4. The van der Waals surface area contributed by atoms with Crippen LogP contribution in [0.2, 0.25) is 0 Å². The predicted molar refractivity (Wildman–Crippen MR) is 58.5 cm³/mol. The van der Waals surface area contributed by atoms with Crippen LogP contribution in [0.5, 0.6) is 0 Å². The molecule has 0 aromatic rings. The van der Waals surface area contributed by atoms with Gasteiger partial charge < -0.3 is 10.4 Å². The second-order valence-corrected chi connectivity index (χ2v) is 7.08. The molecule has 0 amide bonds. The van der Waals surface area contributed by atoms with E-state index in [1.807, 2.05) is 0 Å². The van der Waals surface area contributed by atoms with E-state index < -0.39 is 20.7 Å². The summed E-state index contributed by atoms with van der Waals surface area (Å²) in [6, 6.07) is -0.0280. The Balaban J connectivity index is 2.25. The van der Waals surface area contributed by atoms with Crippen molar-refractivity contribution in [2.45, 2.75) is 49.0 Å². The van der Waals surface area contributed by atoms with Gasteiger partial charge in [0.25, 0.3) is 0 Å². The third-order valence-corrected chi connectivity index (χ3v) is 5.46. The van der Waals surface area contributed by atoms with Gasteiger partial charge in [0.2, 0.25) is 0 Å². The molecular formula is C10H19NO3S. The molecule has 2 N–H and O–H groups in total. The summed E-state index contributed by atoms with van der Waals surface area (Å²) in [5.74, 6) is 0. The summed E-state index contributed by atoms with van der Waals surface area (Å²) in [5, 5.41) is 13.2. The molecule has 88 valence electrons. The summed E-state index contributed by atoms with van der Waals surface area (Å²) in [6.45, 7) is 0.892. The van der Waals surface area contributed by atoms with Crippen LogP contribution in [0.15, 0.2) is 0 Å². The molecule has 2 fully saturated rings. The number of hydrogen-bond acceptors (Lipinski definition) is 4. The summed E-state index contributed by atoms with van der Waals surface area (Å²) < 4.78 is 23.2. The standard InChI is InChI=1S/C10H19NO3S/c1-15(13,14)9-5-2-6-10(9,12)8-4-3-7-11-8/h8-9,11-12H,2-7H2,1H3. The van der Waals surface area contributed by atoms with Gasteiger partial charge in [0.1, 0.15) is 0 Å².